The number of halogens is 1. The number of nitrogens with one attached hydrogen (secondary N) is 2. The van der Waals surface area contributed by atoms with Crippen molar-refractivity contribution >= 4 is 11.6 Å². The second-order valence-electron chi connectivity index (χ2n) is 4.93. The molecule has 1 amide bonds. The van der Waals surface area contributed by atoms with Crippen LogP contribution in [0.4, 0.5) is 10.1 Å². The molecule has 0 saturated carbocycles. The van der Waals surface area contributed by atoms with Gasteiger partial charge in [-0.25, -0.2) is 4.39 Å². The monoisotopic (exact) mass is 308 g/mol. The minimum Gasteiger partial charge on any atom is -0.328 e. The predicted molar refractivity (Wildman–Crippen MR) is 86.9 cm³/mol. The van der Waals surface area contributed by atoms with Crippen LogP contribution in [0, 0.1) is 5.82 Å². The summed E-state index contributed by atoms with van der Waals surface area (Å²) in [5, 5.41) is 2.49. The van der Waals surface area contributed by atoms with Gasteiger partial charge in [0.25, 0.3) is 11.5 Å². The Hall–Kier alpha value is -3.21. The van der Waals surface area contributed by atoms with Crippen LogP contribution in [-0.2, 0) is 0 Å². The molecule has 2 aromatic carbocycles. The molecule has 0 fully saturated rings. The number of hydrogen-bond acceptors (Lipinski definition) is 2. The van der Waals surface area contributed by atoms with E-state index in [-0.39, 0.29) is 16.8 Å². The van der Waals surface area contributed by atoms with Gasteiger partial charge in [0.1, 0.15) is 5.82 Å². The second-order valence-corrected chi connectivity index (χ2v) is 4.93. The summed E-state index contributed by atoms with van der Waals surface area (Å²) >= 11 is 0. The molecule has 4 nitrogen and oxygen atoms in total. The van der Waals surface area contributed by atoms with Crippen LogP contribution in [0.15, 0.2) is 71.7 Å². The maximum absolute atomic E-state index is 13.6. The molecule has 1 aromatic heterocycles. The fraction of sp³-hybridized carbons (Fsp3) is 0. The summed E-state index contributed by atoms with van der Waals surface area (Å²) in [6.07, 6.45) is 1.31. The van der Waals surface area contributed by atoms with Crippen molar-refractivity contribution in [2.75, 3.05) is 5.32 Å². The molecule has 114 valence electrons. The Bertz CT molecular complexity index is 904. The first-order valence-corrected chi connectivity index (χ1v) is 6.99. The number of para-hydroxylation sites is 1. The van der Waals surface area contributed by atoms with Gasteiger partial charge >= 0.3 is 0 Å². The molecule has 0 aliphatic carbocycles. The van der Waals surface area contributed by atoms with Crippen LogP contribution in [0.2, 0.25) is 0 Å². The van der Waals surface area contributed by atoms with E-state index in [2.05, 4.69) is 10.3 Å². The number of pyridine rings is 1. The molecule has 5 heteroatoms. The lowest BCUT2D eigenvalue weighted by molar-refractivity contribution is 0.102. The van der Waals surface area contributed by atoms with E-state index in [9.17, 15) is 14.0 Å². The van der Waals surface area contributed by atoms with E-state index < -0.39 is 11.7 Å². The summed E-state index contributed by atoms with van der Waals surface area (Å²) in [7, 11) is 0. The van der Waals surface area contributed by atoms with Gasteiger partial charge in [-0.05, 0) is 23.8 Å². The first-order valence-electron chi connectivity index (χ1n) is 6.99. The summed E-state index contributed by atoms with van der Waals surface area (Å²) in [5.74, 6) is -1.02. The third kappa shape index (κ3) is 3.18. The van der Waals surface area contributed by atoms with E-state index in [1.807, 2.05) is 6.07 Å². The fourth-order valence-electron chi connectivity index (χ4n) is 2.20. The fourth-order valence-corrected chi connectivity index (χ4v) is 2.20. The summed E-state index contributed by atoms with van der Waals surface area (Å²) in [4.78, 5) is 26.8. The Morgan fingerprint density at radius 1 is 1.00 bits per heavy atom. The van der Waals surface area contributed by atoms with E-state index in [0.717, 1.165) is 0 Å². The van der Waals surface area contributed by atoms with Crippen LogP contribution in [0.5, 0.6) is 0 Å². The van der Waals surface area contributed by atoms with Crippen molar-refractivity contribution in [1.29, 1.82) is 0 Å². The Morgan fingerprint density at radius 2 is 1.70 bits per heavy atom. The molecule has 0 aliphatic heterocycles. The van der Waals surface area contributed by atoms with Crippen LogP contribution in [-0.4, -0.2) is 10.9 Å². The van der Waals surface area contributed by atoms with Gasteiger partial charge < -0.3 is 10.3 Å². The number of rotatable bonds is 3. The SMILES string of the molecule is O=C(Nc1ccccc1F)c1c[nH]c(=O)c(-c2ccccc2)c1. The average molecular weight is 308 g/mol. The molecule has 2 N–H and O–H groups in total. The van der Waals surface area contributed by atoms with E-state index in [1.165, 1.54) is 24.4 Å². The Kier molecular flexibility index (Phi) is 4.01. The highest BCUT2D eigenvalue weighted by Crippen LogP contribution is 2.17. The summed E-state index contributed by atoms with van der Waals surface area (Å²) in [5.41, 5.74) is 1.12. The Balaban J connectivity index is 1.93. The van der Waals surface area contributed by atoms with Crippen molar-refractivity contribution in [3.8, 4) is 11.1 Å². The van der Waals surface area contributed by atoms with Crippen molar-refractivity contribution in [2.45, 2.75) is 0 Å². The van der Waals surface area contributed by atoms with Crippen molar-refractivity contribution < 1.29 is 9.18 Å². The molecule has 0 saturated heterocycles. The van der Waals surface area contributed by atoms with Crippen LogP contribution in [0.1, 0.15) is 10.4 Å². The zero-order chi connectivity index (χ0) is 16.2. The van der Waals surface area contributed by atoms with Gasteiger partial charge in [0, 0.05) is 11.8 Å². The third-order valence-corrected chi connectivity index (χ3v) is 3.37. The smallest absolute Gasteiger partial charge is 0.257 e. The second kappa shape index (κ2) is 6.27. The molecule has 1 heterocycles. The van der Waals surface area contributed by atoms with Gasteiger partial charge in [0.2, 0.25) is 0 Å². The number of aromatic amines is 1. The topological polar surface area (TPSA) is 62.0 Å². The molecular weight excluding hydrogens is 295 g/mol. The van der Waals surface area contributed by atoms with Gasteiger partial charge in [0.05, 0.1) is 11.3 Å². The lowest BCUT2D eigenvalue weighted by atomic mass is 10.1. The van der Waals surface area contributed by atoms with Crippen molar-refractivity contribution in [1.82, 2.24) is 4.98 Å². The summed E-state index contributed by atoms with van der Waals surface area (Å²) < 4.78 is 13.6. The summed E-state index contributed by atoms with van der Waals surface area (Å²) in [6.45, 7) is 0. The number of H-pyrrole nitrogens is 1. The van der Waals surface area contributed by atoms with E-state index >= 15 is 0 Å². The zero-order valence-electron chi connectivity index (χ0n) is 12.0. The number of carbonyl (C=O) groups excluding carboxylic acids is 1. The molecular formula is C18H13FN2O2. The predicted octanol–water partition coefficient (Wildman–Crippen LogP) is 3.43. The lowest BCUT2D eigenvalue weighted by Gasteiger charge is -2.07. The maximum atomic E-state index is 13.6. The maximum Gasteiger partial charge on any atom is 0.257 e. The van der Waals surface area contributed by atoms with Gasteiger partial charge in [0.15, 0.2) is 0 Å². The minimum absolute atomic E-state index is 0.0879. The highest BCUT2D eigenvalue weighted by atomic mass is 19.1. The number of aromatic nitrogens is 1. The van der Waals surface area contributed by atoms with Crippen LogP contribution in [0.25, 0.3) is 11.1 Å². The number of amides is 1. The molecule has 0 spiro atoms. The molecule has 0 unspecified atom stereocenters. The van der Waals surface area contributed by atoms with Crippen molar-refractivity contribution in [3.05, 3.63) is 88.6 Å². The molecule has 0 aliphatic rings. The third-order valence-electron chi connectivity index (χ3n) is 3.37. The molecule has 0 bridgehead atoms. The number of benzene rings is 2. The zero-order valence-corrected chi connectivity index (χ0v) is 12.0. The van der Waals surface area contributed by atoms with E-state index in [0.29, 0.717) is 11.1 Å². The quantitative estimate of drug-likeness (QED) is 0.778. The van der Waals surface area contributed by atoms with Gasteiger partial charge in [-0.15, -0.1) is 0 Å². The van der Waals surface area contributed by atoms with Crippen molar-refractivity contribution in [2.24, 2.45) is 0 Å². The molecule has 3 aromatic rings. The van der Waals surface area contributed by atoms with Crippen molar-refractivity contribution in [3.63, 3.8) is 0 Å². The first kappa shape index (κ1) is 14.7. The lowest BCUT2D eigenvalue weighted by Crippen LogP contribution is -2.17. The number of hydrogen-bond donors (Lipinski definition) is 2. The Labute approximate surface area is 131 Å². The highest BCUT2D eigenvalue weighted by molar-refractivity contribution is 6.04. The van der Waals surface area contributed by atoms with Crippen LogP contribution in [0.3, 0.4) is 0 Å². The molecule has 0 atom stereocenters. The normalized spacial score (nSPS) is 10.3. The van der Waals surface area contributed by atoms with Crippen LogP contribution >= 0.6 is 0 Å². The van der Waals surface area contributed by atoms with Gasteiger partial charge in [-0.1, -0.05) is 42.5 Å². The standard InChI is InChI=1S/C18H13FN2O2/c19-15-8-4-5-9-16(15)21-17(22)13-10-14(18(23)20-11-13)12-6-2-1-3-7-12/h1-11H,(H,20,23)(H,21,22). The first-order chi connectivity index (χ1) is 11.1. The number of anilines is 1. The largest absolute Gasteiger partial charge is 0.328 e. The minimum atomic E-state index is -0.520. The molecule has 3 rings (SSSR count). The average Bonchev–Trinajstić information content (AvgIpc) is 2.58. The summed E-state index contributed by atoms with van der Waals surface area (Å²) in [6, 6.07) is 16.4. The van der Waals surface area contributed by atoms with Gasteiger partial charge in [-0.3, -0.25) is 9.59 Å². The van der Waals surface area contributed by atoms with E-state index in [4.69, 9.17) is 0 Å². The Morgan fingerprint density at radius 3 is 2.43 bits per heavy atom. The number of carbonyl (C=O) groups is 1. The molecule has 23 heavy (non-hydrogen) atoms. The highest BCUT2D eigenvalue weighted by Gasteiger charge is 2.12. The van der Waals surface area contributed by atoms with E-state index in [1.54, 1.807) is 36.4 Å². The molecule has 0 radical (unpaired) electrons. The van der Waals surface area contributed by atoms with Crippen LogP contribution < -0.4 is 10.9 Å². The van der Waals surface area contributed by atoms with Gasteiger partial charge in [-0.2, -0.15) is 0 Å².